The maximum atomic E-state index is 11.9. The smallest absolute Gasteiger partial charge is 0.227 e. The number of hydrogen-bond acceptors (Lipinski definition) is 7. The second-order valence-electron chi connectivity index (χ2n) is 5.09. The number of hydrogen-bond donors (Lipinski definition) is 1. The van der Waals surface area contributed by atoms with E-state index in [-0.39, 0.29) is 5.91 Å². The Bertz CT molecular complexity index is 925. The van der Waals surface area contributed by atoms with Gasteiger partial charge in [-0.25, -0.2) is 4.98 Å². The van der Waals surface area contributed by atoms with Gasteiger partial charge in [-0.15, -0.1) is 22.7 Å². The van der Waals surface area contributed by atoms with Crippen molar-refractivity contribution in [2.24, 2.45) is 0 Å². The van der Waals surface area contributed by atoms with E-state index in [2.05, 4.69) is 20.4 Å². The van der Waals surface area contributed by atoms with Crippen molar-refractivity contribution in [2.45, 2.75) is 19.4 Å². The summed E-state index contributed by atoms with van der Waals surface area (Å²) in [6.45, 7) is 0.414. The molecule has 24 heavy (non-hydrogen) atoms. The summed E-state index contributed by atoms with van der Waals surface area (Å²) in [5, 5.41) is 10.7. The van der Waals surface area contributed by atoms with E-state index in [0.29, 0.717) is 31.1 Å². The van der Waals surface area contributed by atoms with Crippen LogP contribution in [0.4, 0.5) is 0 Å². The van der Waals surface area contributed by atoms with E-state index < -0.39 is 0 Å². The van der Waals surface area contributed by atoms with Gasteiger partial charge in [0.1, 0.15) is 0 Å². The lowest BCUT2D eigenvalue weighted by atomic mass is 10.3. The van der Waals surface area contributed by atoms with Crippen LogP contribution >= 0.6 is 22.7 Å². The number of thiophene rings is 1. The van der Waals surface area contributed by atoms with Crippen LogP contribution in [0.25, 0.3) is 15.7 Å². The molecule has 0 aliphatic heterocycles. The largest absolute Gasteiger partial charge is 0.350 e. The van der Waals surface area contributed by atoms with Gasteiger partial charge in [0.25, 0.3) is 0 Å². The second-order valence-corrected chi connectivity index (χ2v) is 6.91. The number of rotatable bonds is 6. The molecule has 0 aliphatic carbocycles. The molecule has 1 amide bonds. The number of fused-ring (bicyclic) bond motifs is 1. The lowest BCUT2D eigenvalue weighted by molar-refractivity contribution is -0.121. The molecule has 0 bridgehead atoms. The number of carbonyl (C=O) groups excluding carboxylic acids is 1. The van der Waals surface area contributed by atoms with Crippen LogP contribution in [0.3, 0.4) is 0 Å². The Balaban J connectivity index is 1.28. The highest BCUT2D eigenvalue weighted by molar-refractivity contribution is 7.15. The number of amides is 1. The topological polar surface area (TPSA) is 85.3 Å². The van der Waals surface area contributed by atoms with Crippen LogP contribution in [-0.4, -0.2) is 25.4 Å². The summed E-state index contributed by atoms with van der Waals surface area (Å²) in [7, 11) is 0. The Morgan fingerprint density at radius 3 is 3.08 bits per heavy atom. The highest BCUT2D eigenvalue weighted by Crippen LogP contribution is 2.21. The maximum Gasteiger partial charge on any atom is 0.227 e. The zero-order valence-electron chi connectivity index (χ0n) is 12.5. The highest BCUT2D eigenvalue weighted by Gasteiger charge is 2.11. The Morgan fingerprint density at radius 1 is 1.29 bits per heavy atom. The van der Waals surface area contributed by atoms with Crippen molar-refractivity contribution in [3.63, 3.8) is 0 Å². The van der Waals surface area contributed by atoms with Gasteiger partial charge in [0, 0.05) is 30.6 Å². The first-order valence-electron chi connectivity index (χ1n) is 7.32. The van der Waals surface area contributed by atoms with Crippen LogP contribution in [0.5, 0.6) is 0 Å². The normalized spacial score (nSPS) is 11.2. The number of carbonyl (C=O) groups is 1. The summed E-state index contributed by atoms with van der Waals surface area (Å²) in [6.07, 6.45) is 4.58. The molecule has 0 radical (unpaired) electrons. The minimum absolute atomic E-state index is 0.0674. The van der Waals surface area contributed by atoms with Gasteiger partial charge in [-0.05, 0) is 11.4 Å². The van der Waals surface area contributed by atoms with Crippen molar-refractivity contribution < 1.29 is 9.32 Å². The van der Waals surface area contributed by atoms with E-state index in [1.807, 2.05) is 39.7 Å². The first-order valence-corrected chi connectivity index (χ1v) is 9.08. The minimum Gasteiger partial charge on any atom is -0.350 e. The summed E-state index contributed by atoms with van der Waals surface area (Å²) >= 11 is 3.11. The molecular formula is C15H13N5O2S2. The minimum atomic E-state index is -0.0674. The zero-order chi connectivity index (χ0) is 16.4. The molecule has 0 unspecified atom stereocenters. The molecule has 0 spiro atoms. The molecule has 0 fully saturated rings. The summed E-state index contributed by atoms with van der Waals surface area (Å²) in [5.74, 6) is 0.969. The summed E-state index contributed by atoms with van der Waals surface area (Å²) in [5.41, 5.74) is 0.841. The fourth-order valence-electron chi connectivity index (χ4n) is 2.22. The second kappa shape index (κ2) is 6.54. The molecule has 1 N–H and O–H groups in total. The first kappa shape index (κ1) is 15.0. The predicted octanol–water partition coefficient (Wildman–Crippen LogP) is 2.76. The van der Waals surface area contributed by atoms with Crippen LogP contribution < -0.4 is 5.32 Å². The van der Waals surface area contributed by atoms with E-state index in [1.165, 1.54) is 0 Å². The van der Waals surface area contributed by atoms with Crippen molar-refractivity contribution in [1.29, 1.82) is 0 Å². The standard InChI is InChI=1S/C15H13N5O2S2/c21-12(16-8-10-9-20-5-7-24-15(20)17-10)3-4-13-18-14(19-22-13)11-2-1-6-23-11/h1-2,5-7,9H,3-4,8H2,(H,16,21). The third-order valence-corrected chi connectivity index (χ3v) is 5.02. The van der Waals surface area contributed by atoms with Gasteiger partial charge in [0.05, 0.1) is 17.1 Å². The highest BCUT2D eigenvalue weighted by atomic mass is 32.1. The Kier molecular flexibility index (Phi) is 4.09. The molecule has 4 aromatic heterocycles. The molecule has 0 aliphatic rings. The number of aromatic nitrogens is 4. The Hall–Kier alpha value is -2.52. The van der Waals surface area contributed by atoms with E-state index in [4.69, 9.17) is 4.52 Å². The summed E-state index contributed by atoms with van der Waals surface area (Å²) < 4.78 is 7.12. The number of aryl methyl sites for hydroxylation is 1. The zero-order valence-corrected chi connectivity index (χ0v) is 14.1. The first-order chi connectivity index (χ1) is 11.8. The van der Waals surface area contributed by atoms with E-state index in [0.717, 1.165) is 15.5 Å². The lowest BCUT2D eigenvalue weighted by Gasteiger charge is -2.01. The monoisotopic (exact) mass is 359 g/mol. The van der Waals surface area contributed by atoms with Gasteiger partial charge in [-0.2, -0.15) is 4.98 Å². The molecule has 122 valence electrons. The number of nitrogens with zero attached hydrogens (tertiary/aromatic N) is 4. The Labute approximate surface area is 145 Å². The van der Waals surface area contributed by atoms with Crippen molar-refractivity contribution >= 4 is 33.5 Å². The quantitative estimate of drug-likeness (QED) is 0.572. The van der Waals surface area contributed by atoms with Gasteiger partial charge in [-0.3, -0.25) is 9.20 Å². The molecule has 0 saturated carbocycles. The third-order valence-electron chi connectivity index (χ3n) is 3.39. The van der Waals surface area contributed by atoms with Crippen molar-refractivity contribution in [2.75, 3.05) is 0 Å². The summed E-state index contributed by atoms with van der Waals surface area (Å²) in [4.78, 5) is 22.5. The number of nitrogens with one attached hydrogen (secondary N) is 1. The molecule has 4 rings (SSSR count). The SMILES string of the molecule is O=C(CCc1nc(-c2cccs2)no1)NCc1cn2ccsc2n1. The average molecular weight is 359 g/mol. The molecule has 7 nitrogen and oxygen atoms in total. The van der Waals surface area contributed by atoms with Crippen LogP contribution in [0, 0.1) is 0 Å². The lowest BCUT2D eigenvalue weighted by Crippen LogP contribution is -2.23. The van der Waals surface area contributed by atoms with Crippen molar-refractivity contribution in [1.82, 2.24) is 24.8 Å². The Morgan fingerprint density at radius 2 is 2.25 bits per heavy atom. The number of imidazole rings is 1. The molecule has 4 heterocycles. The predicted molar refractivity (Wildman–Crippen MR) is 90.8 cm³/mol. The van der Waals surface area contributed by atoms with Crippen LogP contribution in [-0.2, 0) is 17.8 Å². The maximum absolute atomic E-state index is 11.9. The third kappa shape index (κ3) is 3.22. The molecule has 0 saturated heterocycles. The fraction of sp³-hybridized carbons (Fsp3) is 0.200. The molecule has 9 heteroatoms. The molecule has 0 atom stereocenters. The van der Waals surface area contributed by atoms with Gasteiger partial charge in [0.15, 0.2) is 4.96 Å². The van der Waals surface area contributed by atoms with Crippen molar-refractivity contribution in [3.8, 4) is 10.7 Å². The molecule has 4 aromatic rings. The van der Waals surface area contributed by atoms with E-state index >= 15 is 0 Å². The van der Waals surface area contributed by atoms with Gasteiger partial charge >= 0.3 is 0 Å². The average Bonchev–Trinajstić information content (AvgIpc) is 3.34. The van der Waals surface area contributed by atoms with Gasteiger partial charge in [0.2, 0.25) is 17.6 Å². The van der Waals surface area contributed by atoms with E-state index in [9.17, 15) is 4.79 Å². The summed E-state index contributed by atoms with van der Waals surface area (Å²) in [6, 6.07) is 3.87. The molecular weight excluding hydrogens is 346 g/mol. The van der Waals surface area contributed by atoms with Crippen LogP contribution in [0.2, 0.25) is 0 Å². The van der Waals surface area contributed by atoms with Gasteiger partial charge < -0.3 is 9.84 Å². The van der Waals surface area contributed by atoms with Crippen LogP contribution in [0.1, 0.15) is 18.0 Å². The van der Waals surface area contributed by atoms with E-state index in [1.54, 1.807) is 22.7 Å². The van der Waals surface area contributed by atoms with Crippen LogP contribution in [0.15, 0.2) is 39.8 Å². The van der Waals surface area contributed by atoms with Crippen molar-refractivity contribution in [3.05, 3.63) is 46.9 Å². The fourth-order valence-corrected chi connectivity index (χ4v) is 3.59. The number of thiazole rings is 1. The molecule has 0 aromatic carbocycles. The van der Waals surface area contributed by atoms with Gasteiger partial charge in [-0.1, -0.05) is 11.2 Å².